The second-order valence-electron chi connectivity index (χ2n) is 8.39. The number of urea groups is 1. The molecular weight excluding hydrogens is 360 g/mol. The lowest BCUT2D eigenvalue weighted by molar-refractivity contribution is 0.182. The molecule has 2 aromatic rings. The van der Waals surface area contributed by atoms with Crippen LogP contribution in [0.2, 0.25) is 0 Å². The molecule has 2 aromatic carbocycles. The average molecular weight is 393 g/mol. The summed E-state index contributed by atoms with van der Waals surface area (Å²) in [5.74, 6) is 0.671. The smallest absolute Gasteiger partial charge is 0.321 e. The maximum Gasteiger partial charge on any atom is 0.321 e. The van der Waals surface area contributed by atoms with Gasteiger partial charge in [-0.3, -0.25) is 0 Å². The lowest BCUT2D eigenvalue weighted by Gasteiger charge is -2.34. The molecule has 2 saturated heterocycles. The molecule has 0 aliphatic carbocycles. The normalized spacial score (nSPS) is 18.7. The van der Waals surface area contributed by atoms with E-state index < -0.39 is 0 Å². The highest BCUT2D eigenvalue weighted by Gasteiger charge is 2.23. The summed E-state index contributed by atoms with van der Waals surface area (Å²) in [7, 11) is 2.17. The van der Waals surface area contributed by atoms with Crippen LogP contribution in [0.4, 0.5) is 16.2 Å². The van der Waals surface area contributed by atoms with Crippen molar-refractivity contribution in [2.45, 2.75) is 19.3 Å². The SMILES string of the molecule is CN1CCN(c2ccc(NC(=O)N3CCC(Cc4ccccc4)CC3)cc2)CC1. The van der Waals surface area contributed by atoms with Crippen LogP contribution in [0.5, 0.6) is 0 Å². The van der Waals surface area contributed by atoms with Crippen LogP contribution in [0.3, 0.4) is 0 Å². The third-order valence-electron chi connectivity index (χ3n) is 6.26. The fourth-order valence-corrected chi connectivity index (χ4v) is 4.31. The molecular formula is C24H32N4O. The molecule has 5 nitrogen and oxygen atoms in total. The quantitative estimate of drug-likeness (QED) is 0.857. The van der Waals surface area contributed by atoms with Crippen LogP contribution in [-0.4, -0.2) is 62.1 Å². The Balaban J connectivity index is 1.24. The molecule has 0 unspecified atom stereocenters. The van der Waals surface area contributed by atoms with E-state index in [2.05, 4.69) is 64.6 Å². The molecule has 29 heavy (non-hydrogen) atoms. The molecule has 0 atom stereocenters. The summed E-state index contributed by atoms with van der Waals surface area (Å²) in [6.07, 6.45) is 3.26. The third kappa shape index (κ3) is 5.30. The van der Waals surface area contributed by atoms with Gasteiger partial charge in [-0.05, 0) is 62.1 Å². The number of rotatable bonds is 4. The number of anilines is 2. The van der Waals surface area contributed by atoms with Gasteiger partial charge in [-0.25, -0.2) is 4.79 Å². The number of likely N-dealkylation sites (tertiary alicyclic amines) is 1. The first-order valence-electron chi connectivity index (χ1n) is 10.8. The van der Waals surface area contributed by atoms with E-state index >= 15 is 0 Å². The van der Waals surface area contributed by atoms with E-state index in [1.165, 1.54) is 11.3 Å². The summed E-state index contributed by atoms with van der Waals surface area (Å²) >= 11 is 0. The number of piperidine rings is 1. The van der Waals surface area contributed by atoms with Crippen LogP contribution in [0.15, 0.2) is 54.6 Å². The number of nitrogens with one attached hydrogen (secondary N) is 1. The van der Waals surface area contributed by atoms with Gasteiger partial charge >= 0.3 is 6.03 Å². The molecule has 2 fully saturated rings. The summed E-state index contributed by atoms with van der Waals surface area (Å²) in [6.45, 7) is 5.98. The third-order valence-corrected chi connectivity index (χ3v) is 6.26. The van der Waals surface area contributed by atoms with Crippen molar-refractivity contribution in [3.05, 3.63) is 60.2 Å². The molecule has 2 aliphatic rings. The molecule has 1 N–H and O–H groups in total. The van der Waals surface area contributed by atoms with Gasteiger partial charge < -0.3 is 20.0 Å². The highest BCUT2D eigenvalue weighted by molar-refractivity contribution is 5.89. The highest BCUT2D eigenvalue weighted by Crippen LogP contribution is 2.23. The van der Waals surface area contributed by atoms with Crippen molar-refractivity contribution in [3.8, 4) is 0 Å². The number of likely N-dealkylation sites (N-methyl/N-ethyl adjacent to an activating group) is 1. The van der Waals surface area contributed by atoms with E-state index in [1.54, 1.807) is 0 Å². The Morgan fingerprint density at radius 2 is 1.55 bits per heavy atom. The first-order chi connectivity index (χ1) is 14.2. The number of piperazine rings is 1. The Hall–Kier alpha value is -2.53. The van der Waals surface area contributed by atoms with Gasteiger partial charge in [0.15, 0.2) is 0 Å². The second-order valence-corrected chi connectivity index (χ2v) is 8.39. The van der Waals surface area contributed by atoms with Gasteiger partial charge in [0, 0.05) is 50.6 Å². The molecule has 0 saturated carbocycles. The van der Waals surface area contributed by atoms with Crippen molar-refractivity contribution < 1.29 is 4.79 Å². The van der Waals surface area contributed by atoms with Crippen molar-refractivity contribution in [2.24, 2.45) is 5.92 Å². The summed E-state index contributed by atoms with van der Waals surface area (Å²) in [6, 6.07) is 19.0. The van der Waals surface area contributed by atoms with Crippen LogP contribution in [0.1, 0.15) is 18.4 Å². The van der Waals surface area contributed by atoms with E-state index in [-0.39, 0.29) is 6.03 Å². The Bertz CT molecular complexity index is 776. The average Bonchev–Trinajstić information content (AvgIpc) is 2.76. The lowest BCUT2D eigenvalue weighted by Crippen LogP contribution is -2.44. The predicted molar refractivity (Wildman–Crippen MR) is 120 cm³/mol. The van der Waals surface area contributed by atoms with E-state index in [1.807, 2.05) is 17.0 Å². The first-order valence-corrected chi connectivity index (χ1v) is 10.8. The molecule has 154 valence electrons. The molecule has 2 amide bonds. The zero-order valence-corrected chi connectivity index (χ0v) is 17.4. The number of amides is 2. The summed E-state index contributed by atoms with van der Waals surface area (Å²) < 4.78 is 0. The number of hydrogen-bond donors (Lipinski definition) is 1. The van der Waals surface area contributed by atoms with Crippen LogP contribution < -0.4 is 10.2 Å². The van der Waals surface area contributed by atoms with Crippen LogP contribution in [0, 0.1) is 5.92 Å². The van der Waals surface area contributed by atoms with E-state index in [0.29, 0.717) is 5.92 Å². The number of carbonyl (C=O) groups is 1. The van der Waals surface area contributed by atoms with Crippen molar-refractivity contribution >= 4 is 17.4 Å². The van der Waals surface area contributed by atoms with E-state index in [9.17, 15) is 4.79 Å². The number of nitrogens with zero attached hydrogens (tertiary/aromatic N) is 3. The minimum absolute atomic E-state index is 0.0236. The van der Waals surface area contributed by atoms with Gasteiger partial charge in [0.2, 0.25) is 0 Å². The van der Waals surface area contributed by atoms with Crippen molar-refractivity contribution in [1.29, 1.82) is 0 Å². The zero-order valence-electron chi connectivity index (χ0n) is 17.4. The maximum atomic E-state index is 12.7. The monoisotopic (exact) mass is 392 g/mol. The van der Waals surface area contributed by atoms with Gasteiger partial charge in [0.05, 0.1) is 0 Å². The number of carbonyl (C=O) groups excluding carboxylic acids is 1. The molecule has 0 aromatic heterocycles. The van der Waals surface area contributed by atoms with Crippen LogP contribution >= 0.6 is 0 Å². The van der Waals surface area contributed by atoms with Crippen molar-refractivity contribution in [1.82, 2.24) is 9.80 Å². The second kappa shape index (κ2) is 9.31. The molecule has 4 rings (SSSR count). The molecule has 0 radical (unpaired) electrons. The fraction of sp³-hybridized carbons (Fsp3) is 0.458. The Labute approximate surface area is 174 Å². The Morgan fingerprint density at radius 1 is 0.897 bits per heavy atom. The van der Waals surface area contributed by atoms with E-state index in [4.69, 9.17) is 0 Å². The van der Waals surface area contributed by atoms with Crippen LogP contribution in [0.25, 0.3) is 0 Å². The van der Waals surface area contributed by atoms with Gasteiger partial charge in [0.25, 0.3) is 0 Å². The van der Waals surface area contributed by atoms with Crippen LogP contribution in [-0.2, 0) is 6.42 Å². The summed E-state index contributed by atoms with van der Waals surface area (Å²) in [4.78, 5) is 19.4. The maximum absolute atomic E-state index is 12.7. The molecule has 5 heteroatoms. The topological polar surface area (TPSA) is 38.8 Å². The van der Waals surface area contributed by atoms with Crippen molar-refractivity contribution in [3.63, 3.8) is 0 Å². The lowest BCUT2D eigenvalue weighted by atomic mass is 9.90. The minimum atomic E-state index is 0.0236. The Morgan fingerprint density at radius 3 is 2.21 bits per heavy atom. The minimum Gasteiger partial charge on any atom is -0.369 e. The van der Waals surface area contributed by atoms with Gasteiger partial charge in [-0.15, -0.1) is 0 Å². The molecule has 2 aliphatic heterocycles. The molecule has 2 heterocycles. The van der Waals surface area contributed by atoms with Gasteiger partial charge in [0.1, 0.15) is 0 Å². The number of benzene rings is 2. The van der Waals surface area contributed by atoms with E-state index in [0.717, 1.165) is 64.2 Å². The zero-order chi connectivity index (χ0) is 20.1. The standard InChI is InChI=1S/C24H32N4O/c1-26-15-17-27(18-16-26)23-9-7-22(8-10-23)25-24(29)28-13-11-21(12-14-28)19-20-5-3-2-4-6-20/h2-10,21H,11-19H2,1H3,(H,25,29). The highest BCUT2D eigenvalue weighted by atomic mass is 16.2. The largest absolute Gasteiger partial charge is 0.369 e. The fourth-order valence-electron chi connectivity index (χ4n) is 4.31. The van der Waals surface area contributed by atoms with Gasteiger partial charge in [-0.2, -0.15) is 0 Å². The number of hydrogen-bond acceptors (Lipinski definition) is 3. The molecule has 0 spiro atoms. The van der Waals surface area contributed by atoms with Crippen molar-refractivity contribution in [2.75, 3.05) is 56.5 Å². The Kier molecular flexibility index (Phi) is 6.35. The molecule has 0 bridgehead atoms. The summed E-state index contributed by atoms with van der Waals surface area (Å²) in [5, 5.41) is 3.07. The first kappa shape index (κ1) is 19.8. The summed E-state index contributed by atoms with van der Waals surface area (Å²) in [5.41, 5.74) is 3.51. The predicted octanol–water partition coefficient (Wildman–Crippen LogP) is 3.93. The van der Waals surface area contributed by atoms with Gasteiger partial charge in [-0.1, -0.05) is 30.3 Å².